The molecule has 110 valence electrons. The summed E-state index contributed by atoms with van der Waals surface area (Å²) in [6, 6.07) is 11.7. The molecule has 0 saturated heterocycles. The maximum atomic E-state index is 12.6. The van der Waals surface area contributed by atoms with Crippen LogP contribution in [0.4, 0.5) is 5.69 Å². The summed E-state index contributed by atoms with van der Waals surface area (Å²) in [5.41, 5.74) is 11.3. The van der Waals surface area contributed by atoms with E-state index >= 15 is 0 Å². The summed E-state index contributed by atoms with van der Waals surface area (Å²) >= 11 is 0. The Balaban J connectivity index is 2.34. The maximum Gasteiger partial charge on any atom is 0.193 e. The number of benzene rings is 2. The van der Waals surface area contributed by atoms with Gasteiger partial charge in [-0.3, -0.25) is 4.79 Å². The van der Waals surface area contributed by atoms with Crippen LogP contribution < -0.4 is 5.73 Å². The molecule has 0 aliphatic carbocycles. The van der Waals surface area contributed by atoms with Crippen LogP contribution in [0.3, 0.4) is 0 Å². The third-order valence-electron chi connectivity index (χ3n) is 4.21. The van der Waals surface area contributed by atoms with Crippen LogP contribution in [0.25, 0.3) is 0 Å². The van der Waals surface area contributed by atoms with Crippen LogP contribution in [0.15, 0.2) is 36.4 Å². The average molecular weight is 281 g/mol. The van der Waals surface area contributed by atoms with Crippen molar-refractivity contribution in [3.63, 3.8) is 0 Å². The van der Waals surface area contributed by atoms with E-state index in [0.29, 0.717) is 22.7 Å². The summed E-state index contributed by atoms with van der Waals surface area (Å²) in [5.74, 6) is 0.556. The van der Waals surface area contributed by atoms with Crippen molar-refractivity contribution in [3.05, 3.63) is 64.2 Å². The lowest BCUT2D eigenvalue weighted by Crippen LogP contribution is -2.06. The molecule has 0 aliphatic heterocycles. The quantitative estimate of drug-likeness (QED) is 0.656. The monoisotopic (exact) mass is 281 g/mol. The highest BCUT2D eigenvalue weighted by Crippen LogP contribution is 2.23. The maximum absolute atomic E-state index is 12.6. The Bertz CT molecular complexity index is 656. The van der Waals surface area contributed by atoms with E-state index in [-0.39, 0.29) is 5.78 Å². The smallest absolute Gasteiger partial charge is 0.193 e. The fourth-order valence-corrected chi connectivity index (χ4v) is 2.47. The van der Waals surface area contributed by atoms with Crippen molar-refractivity contribution in [1.29, 1.82) is 0 Å². The number of nitrogen functional groups attached to an aromatic ring is 1. The third kappa shape index (κ3) is 3.15. The van der Waals surface area contributed by atoms with Gasteiger partial charge in [-0.05, 0) is 48.9 Å². The number of nitrogens with two attached hydrogens (primary N) is 1. The van der Waals surface area contributed by atoms with E-state index in [1.165, 1.54) is 5.56 Å². The minimum absolute atomic E-state index is 0.0369. The standard InChI is InChI=1S/C19H23NO/c1-5-12(2)15-6-8-16(9-7-15)19(21)17-11-18(20)14(4)10-13(17)3/h6-12H,5,20H2,1-4H3. The molecule has 0 amide bonds. The van der Waals surface area contributed by atoms with Crippen LogP contribution >= 0.6 is 0 Å². The van der Waals surface area contributed by atoms with Crippen molar-refractivity contribution in [2.24, 2.45) is 0 Å². The number of carbonyl (C=O) groups excluding carboxylic acids is 1. The molecule has 0 radical (unpaired) electrons. The van der Waals surface area contributed by atoms with Gasteiger partial charge in [-0.2, -0.15) is 0 Å². The van der Waals surface area contributed by atoms with Gasteiger partial charge in [0.15, 0.2) is 5.78 Å². The normalized spacial score (nSPS) is 12.2. The first-order chi connectivity index (χ1) is 9.93. The first-order valence-corrected chi connectivity index (χ1v) is 7.45. The summed E-state index contributed by atoms with van der Waals surface area (Å²) in [6.45, 7) is 8.27. The molecule has 21 heavy (non-hydrogen) atoms. The Kier molecular flexibility index (Phi) is 4.46. The van der Waals surface area contributed by atoms with Crippen LogP contribution in [0.1, 0.15) is 58.8 Å². The number of anilines is 1. The first-order valence-electron chi connectivity index (χ1n) is 7.45. The Morgan fingerprint density at radius 3 is 2.29 bits per heavy atom. The van der Waals surface area contributed by atoms with Gasteiger partial charge in [0, 0.05) is 16.8 Å². The zero-order valence-electron chi connectivity index (χ0n) is 13.2. The minimum atomic E-state index is 0.0369. The van der Waals surface area contributed by atoms with Crippen LogP contribution in [-0.4, -0.2) is 5.78 Å². The third-order valence-corrected chi connectivity index (χ3v) is 4.21. The predicted octanol–water partition coefficient (Wildman–Crippen LogP) is 4.63. The molecule has 0 heterocycles. The summed E-state index contributed by atoms with van der Waals surface area (Å²) in [7, 11) is 0. The lowest BCUT2D eigenvalue weighted by Gasteiger charge is -2.11. The average Bonchev–Trinajstić information content (AvgIpc) is 2.49. The lowest BCUT2D eigenvalue weighted by atomic mass is 9.93. The Morgan fingerprint density at radius 1 is 1.10 bits per heavy atom. The van der Waals surface area contributed by atoms with Crippen molar-refractivity contribution < 1.29 is 4.79 Å². The highest BCUT2D eigenvalue weighted by molar-refractivity contribution is 6.10. The topological polar surface area (TPSA) is 43.1 Å². The molecular weight excluding hydrogens is 258 g/mol. The van der Waals surface area contributed by atoms with Crippen molar-refractivity contribution in [2.45, 2.75) is 40.0 Å². The highest BCUT2D eigenvalue weighted by Gasteiger charge is 2.14. The molecule has 2 N–H and O–H groups in total. The number of hydrogen-bond donors (Lipinski definition) is 1. The van der Waals surface area contributed by atoms with E-state index in [2.05, 4.69) is 13.8 Å². The number of carbonyl (C=O) groups is 1. The van der Waals surface area contributed by atoms with Gasteiger partial charge in [0.2, 0.25) is 0 Å². The van der Waals surface area contributed by atoms with Crippen molar-refractivity contribution in [3.8, 4) is 0 Å². The second kappa shape index (κ2) is 6.13. The van der Waals surface area contributed by atoms with Gasteiger partial charge in [-0.15, -0.1) is 0 Å². The van der Waals surface area contributed by atoms with Crippen molar-refractivity contribution in [2.75, 3.05) is 5.73 Å². The largest absolute Gasteiger partial charge is 0.398 e. The van der Waals surface area contributed by atoms with E-state index < -0.39 is 0 Å². The molecule has 2 heteroatoms. The minimum Gasteiger partial charge on any atom is -0.398 e. The molecule has 2 rings (SSSR count). The first kappa shape index (κ1) is 15.3. The Labute approximate surface area is 127 Å². The van der Waals surface area contributed by atoms with E-state index in [1.54, 1.807) is 6.07 Å². The van der Waals surface area contributed by atoms with E-state index in [4.69, 9.17) is 5.73 Å². The molecule has 1 atom stereocenters. The molecule has 2 nitrogen and oxygen atoms in total. The Morgan fingerprint density at radius 2 is 1.71 bits per heavy atom. The zero-order valence-corrected chi connectivity index (χ0v) is 13.2. The molecule has 0 fully saturated rings. The summed E-state index contributed by atoms with van der Waals surface area (Å²) in [5, 5.41) is 0. The Hall–Kier alpha value is -2.09. The van der Waals surface area contributed by atoms with Gasteiger partial charge in [-0.25, -0.2) is 0 Å². The molecule has 2 aromatic carbocycles. The van der Waals surface area contributed by atoms with E-state index in [0.717, 1.165) is 17.5 Å². The summed E-state index contributed by atoms with van der Waals surface area (Å²) < 4.78 is 0. The molecule has 0 bridgehead atoms. The van der Waals surface area contributed by atoms with Gasteiger partial charge in [0.25, 0.3) is 0 Å². The van der Waals surface area contributed by atoms with Crippen molar-refractivity contribution >= 4 is 11.5 Å². The van der Waals surface area contributed by atoms with Crippen molar-refractivity contribution in [1.82, 2.24) is 0 Å². The number of rotatable bonds is 4. The summed E-state index contributed by atoms with van der Waals surface area (Å²) in [6.07, 6.45) is 1.10. The number of ketones is 1. The number of aryl methyl sites for hydroxylation is 2. The van der Waals surface area contributed by atoms with Gasteiger partial charge in [-0.1, -0.05) is 44.2 Å². The van der Waals surface area contributed by atoms with Crippen LogP contribution in [0, 0.1) is 13.8 Å². The fourth-order valence-electron chi connectivity index (χ4n) is 2.47. The fraction of sp³-hybridized carbons (Fsp3) is 0.316. The molecular formula is C19H23NO. The van der Waals surface area contributed by atoms with E-state index in [1.807, 2.05) is 44.2 Å². The second-order valence-corrected chi connectivity index (χ2v) is 5.78. The van der Waals surface area contributed by atoms with Crippen LogP contribution in [0.5, 0.6) is 0 Å². The number of hydrogen-bond acceptors (Lipinski definition) is 2. The van der Waals surface area contributed by atoms with Crippen LogP contribution in [-0.2, 0) is 0 Å². The predicted molar refractivity (Wildman–Crippen MR) is 88.9 cm³/mol. The van der Waals surface area contributed by atoms with Gasteiger partial charge >= 0.3 is 0 Å². The molecule has 0 aromatic heterocycles. The summed E-state index contributed by atoms with van der Waals surface area (Å²) in [4.78, 5) is 12.6. The molecule has 0 aliphatic rings. The molecule has 0 saturated carbocycles. The highest BCUT2D eigenvalue weighted by atomic mass is 16.1. The molecule has 2 aromatic rings. The lowest BCUT2D eigenvalue weighted by molar-refractivity contribution is 0.103. The zero-order chi connectivity index (χ0) is 15.6. The molecule has 1 unspecified atom stereocenters. The molecule has 0 spiro atoms. The van der Waals surface area contributed by atoms with E-state index in [9.17, 15) is 4.79 Å². The van der Waals surface area contributed by atoms with Crippen LogP contribution in [0.2, 0.25) is 0 Å². The van der Waals surface area contributed by atoms with Gasteiger partial charge < -0.3 is 5.73 Å². The second-order valence-electron chi connectivity index (χ2n) is 5.78. The van der Waals surface area contributed by atoms with Gasteiger partial charge in [0.05, 0.1) is 0 Å². The SMILES string of the molecule is CCC(C)c1ccc(C(=O)c2cc(N)c(C)cc2C)cc1. The van der Waals surface area contributed by atoms with Gasteiger partial charge in [0.1, 0.15) is 0 Å².